The van der Waals surface area contributed by atoms with Gasteiger partial charge in [0, 0.05) is 23.3 Å². The molecule has 0 radical (unpaired) electrons. The maximum absolute atomic E-state index is 12.6. The second kappa shape index (κ2) is 9.22. The lowest BCUT2D eigenvalue weighted by Gasteiger charge is -2.22. The summed E-state index contributed by atoms with van der Waals surface area (Å²) < 4.78 is 0. The van der Waals surface area contributed by atoms with Gasteiger partial charge in [0.1, 0.15) is 6.04 Å². The highest BCUT2D eigenvalue weighted by Gasteiger charge is 2.35. The van der Waals surface area contributed by atoms with E-state index < -0.39 is 18.0 Å². The molecular weight excluding hydrogens is 385 g/mol. The fourth-order valence-corrected chi connectivity index (χ4v) is 3.25. The van der Waals surface area contributed by atoms with E-state index in [-0.39, 0.29) is 24.2 Å². The van der Waals surface area contributed by atoms with Crippen LogP contribution in [0, 0.1) is 5.92 Å². The van der Waals surface area contributed by atoms with Crippen molar-refractivity contribution in [2.75, 3.05) is 11.4 Å². The zero-order valence-electron chi connectivity index (χ0n) is 15.0. The lowest BCUT2D eigenvalue weighted by Crippen LogP contribution is -2.45. The molecule has 3 atom stereocenters. The van der Waals surface area contributed by atoms with Gasteiger partial charge in [0.2, 0.25) is 11.8 Å². The summed E-state index contributed by atoms with van der Waals surface area (Å²) >= 11 is 5.89. The van der Waals surface area contributed by atoms with Crippen molar-refractivity contribution in [1.29, 1.82) is 0 Å². The van der Waals surface area contributed by atoms with Crippen LogP contribution in [0.2, 0.25) is 5.02 Å². The van der Waals surface area contributed by atoms with Crippen molar-refractivity contribution in [3.05, 3.63) is 65.2 Å². The number of amides is 2. The summed E-state index contributed by atoms with van der Waals surface area (Å²) in [7, 11) is 0. The molecule has 1 saturated heterocycles. The van der Waals surface area contributed by atoms with Gasteiger partial charge in [-0.3, -0.25) is 9.59 Å². The molecule has 0 spiro atoms. The molecule has 3 N–H and O–H groups in total. The summed E-state index contributed by atoms with van der Waals surface area (Å²) in [5.41, 5.74) is 7.89. The summed E-state index contributed by atoms with van der Waals surface area (Å²) in [6.07, 6.45) is 0.570. The molecule has 2 aromatic carbocycles. The molecule has 27 heavy (non-hydrogen) atoms. The second-order valence-electron chi connectivity index (χ2n) is 6.54. The molecule has 1 fully saturated rings. The highest BCUT2D eigenvalue weighted by atomic mass is 35.5. The Balaban J connectivity index is 0.00000261. The van der Waals surface area contributed by atoms with Gasteiger partial charge in [-0.05, 0) is 36.2 Å². The monoisotopic (exact) mass is 407 g/mol. The number of carbonyl (C=O) groups excluding carboxylic acids is 2. The lowest BCUT2D eigenvalue weighted by atomic mass is 9.94. The summed E-state index contributed by atoms with van der Waals surface area (Å²) in [5, 5.41) is 3.47. The molecule has 1 aliphatic rings. The summed E-state index contributed by atoms with van der Waals surface area (Å²) in [6.45, 7) is 2.34. The third-order valence-electron chi connectivity index (χ3n) is 4.80. The molecule has 2 aromatic rings. The Labute approximate surface area is 170 Å². The van der Waals surface area contributed by atoms with E-state index in [9.17, 15) is 9.59 Å². The average molecular weight is 408 g/mol. The van der Waals surface area contributed by atoms with Crippen LogP contribution < -0.4 is 16.0 Å². The van der Waals surface area contributed by atoms with Crippen LogP contribution in [-0.4, -0.2) is 24.4 Å². The van der Waals surface area contributed by atoms with Gasteiger partial charge in [-0.25, -0.2) is 0 Å². The Bertz CT molecular complexity index is 784. The van der Waals surface area contributed by atoms with Crippen LogP contribution in [0.4, 0.5) is 5.69 Å². The van der Waals surface area contributed by atoms with E-state index in [0.29, 0.717) is 18.0 Å². The standard InChI is InChI=1S/C20H22ClN3O2.ClH/c1-13(18(22)14-5-3-2-4-6-14)19(25)23-17-11-12-24(20(17)26)16-9-7-15(21)8-10-16;/h2-10,13,17-18H,11-12,22H2,1H3,(H,23,25);1H. The number of halogens is 2. The molecule has 2 amide bonds. The minimum Gasteiger partial charge on any atom is -0.344 e. The predicted octanol–water partition coefficient (Wildman–Crippen LogP) is 3.32. The molecule has 0 bridgehead atoms. The number of hydrogen-bond donors (Lipinski definition) is 2. The highest BCUT2D eigenvalue weighted by Crippen LogP contribution is 2.24. The molecule has 0 aliphatic carbocycles. The van der Waals surface area contributed by atoms with Gasteiger partial charge in [0.05, 0.1) is 5.92 Å². The van der Waals surface area contributed by atoms with E-state index in [1.54, 1.807) is 36.1 Å². The van der Waals surface area contributed by atoms with E-state index in [1.807, 2.05) is 30.3 Å². The quantitative estimate of drug-likeness (QED) is 0.797. The molecule has 1 aliphatic heterocycles. The van der Waals surface area contributed by atoms with Crippen LogP contribution in [0.5, 0.6) is 0 Å². The lowest BCUT2D eigenvalue weighted by molar-refractivity contribution is -0.129. The Morgan fingerprint density at radius 3 is 2.44 bits per heavy atom. The highest BCUT2D eigenvalue weighted by molar-refractivity contribution is 6.30. The number of rotatable bonds is 5. The van der Waals surface area contributed by atoms with E-state index in [0.717, 1.165) is 11.3 Å². The van der Waals surface area contributed by atoms with Crippen molar-refractivity contribution in [2.45, 2.75) is 25.4 Å². The number of carbonyl (C=O) groups is 2. The summed E-state index contributed by atoms with van der Waals surface area (Å²) in [4.78, 5) is 26.9. The number of anilines is 1. The van der Waals surface area contributed by atoms with Gasteiger partial charge in [0.25, 0.3) is 0 Å². The van der Waals surface area contributed by atoms with E-state index in [4.69, 9.17) is 17.3 Å². The Morgan fingerprint density at radius 2 is 1.81 bits per heavy atom. The van der Waals surface area contributed by atoms with E-state index in [2.05, 4.69) is 5.32 Å². The van der Waals surface area contributed by atoms with Crippen LogP contribution in [0.3, 0.4) is 0 Å². The van der Waals surface area contributed by atoms with Crippen LogP contribution in [-0.2, 0) is 9.59 Å². The van der Waals surface area contributed by atoms with Gasteiger partial charge < -0.3 is 16.0 Å². The number of hydrogen-bond acceptors (Lipinski definition) is 3. The van der Waals surface area contributed by atoms with Crippen LogP contribution >= 0.6 is 24.0 Å². The Morgan fingerprint density at radius 1 is 1.19 bits per heavy atom. The van der Waals surface area contributed by atoms with Gasteiger partial charge in [0.15, 0.2) is 0 Å². The van der Waals surface area contributed by atoms with Gasteiger partial charge >= 0.3 is 0 Å². The van der Waals surface area contributed by atoms with E-state index >= 15 is 0 Å². The Hall–Kier alpha value is -2.08. The largest absolute Gasteiger partial charge is 0.344 e. The molecule has 5 nitrogen and oxygen atoms in total. The molecule has 3 unspecified atom stereocenters. The molecular formula is C20H23Cl2N3O2. The number of benzene rings is 2. The number of nitrogens with zero attached hydrogens (tertiary/aromatic N) is 1. The third-order valence-corrected chi connectivity index (χ3v) is 5.05. The second-order valence-corrected chi connectivity index (χ2v) is 6.98. The first-order chi connectivity index (χ1) is 12.5. The molecule has 0 aromatic heterocycles. The summed E-state index contributed by atoms with van der Waals surface area (Å²) in [6, 6.07) is 15.7. The van der Waals surface area contributed by atoms with Crippen molar-refractivity contribution in [1.82, 2.24) is 5.32 Å². The zero-order valence-corrected chi connectivity index (χ0v) is 16.5. The number of nitrogens with two attached hydrogens (primary N) is 1. The van der Waals surface area contributed by atoms with Crippen LogP contribution in [0.25, 0.3) is 0 Å². The normalized spacial score (nSPS) is 18.6. The Kier molecular flexibility index (Phi) is 7.25. The van der Waals surface area contributed by atoms with Crippen molar-refractivity contribution in [3.8, 4) is 0 Å². The smallest absolute Gasteiger partial charge is 0.249 e. The van der Waals surface area contributed by atoms with Crippen LogP contribution in [0.1, 0.15) is 24.9 Å². The maximum atomic E-state index is 12.6. The number of nitrogens with one attached hydrogen (secondary N) is 1. The van der Waals surface area contributed by atoms with E-state index in [1.165, 1.54) is 0 Å². The van der Waals surface area contributed by atoms with Crippen molar-refractivity contribution >= 4 is 41.5 Å². The summed E-state index contributed by atoms with van der Waals surface area (Å²) in [5.74, 6) is -0.756. The predicted molar refractivity (Wildman–Crippen MR) is 110 cm³/mol. The van der Waals surface area contributed by atoms with Crippen molar-refractivity contribution in [2.24, 2.45) is 11.7 Å². The first-order valence-electron chi connectivity index (χ1n) is 8.65. The fourth-order valence-electron chi connectivity index (χ4n) is 3.12. The molecule has 1 heterocycles. The zero-order chi connectivity index (χ0) is 18.7. The van der Waals surface area contributed by atoms with Gasteiger partial charge in [-0.2, -0.15) is 0 Å². The minimum atomic E-state index is -0.524. The SMILES string of the molecule is CC(C(=O)NC1CCN(c2ccc(Cl)cc2)C1=O)C(N)c1ccccc1.Cl. The van der Waals surface area contributed by atoms with Gasteiger partial charge in [-0.15, -0.1) is 12.4 Å². The topological polar surface area (TPSA) is 75.4 Å². The molecule has 144 valence electrons. The minimum absolute atomic E-state index is 0. The van der Waals surface area contributed by atoms with Crippen LogP contribution in [0.15, 0.2) is 54.6 Å². The van der Waals surface area contributed by atoms with Crippen molar-refractivity contribution in [3.63, 3.8) is 0 Å². The molecule has 7 heteroatoms. The first-order valence-corrected chi connectivity index (χ1v) is 9.03. The first kappa shape index (κ1) is 21.2. The fraction of sp³-hybridized carbons (Fsp3) is 0.300. The van der Waals surface area contributed by atoms with Gasteiger partial charge in [-0.1, -0.05) is 48.9 Å². The third kappa shape index (κ3) is 4.80. The molecule has 0 saturated carbocycles. The molecule has 3 rings (SSSR count). The van der Waals surface area contributed by atoms with Crippen molar-refractivity contribution < 1.29 is 9.59 Å². The maximum Gasteiger partial charge on any atom is 0.249 e. The average Bonchev–Trinajstić information content (AvgIpc) is 3.02.